The number of alkyl halides is 1. The van der Waals surface area contributed by atoms with Crippen LogP contribution in [0.2, 0.25) is 5.02 Å². The van der Waals surface area contributed by atoms with Crippen molar-refractivity contribution in [1.82, 2.24) is 5.32 Å². The maximum atomic E-state index is 11.9. The van der Waals surface area contributed by atoms with Crippen molar-refractivity contribution in [3.05, 3.63) is 34.3 Å². The molecule has 0 aliphatic carbocycles. The van der Waals surface area contributed by atoms with Gasteiger partial charge in [0.05, 0.1) is 0 Å². The van der Waals surface area contributed by atoms with Gasteiger partial charge in [-0.15, -0.1) is 11.6 Å². The molecule has 0 bridgehead atoms. The Labute approximate surface area is 112 Å². The second-order valence-electron chi connectivity index (χ2n) is 4.25. The molecule has 0 aliphatic rings. The van der Waals surface area contributed by atoms with Gasteiger partial charge in [0, 0.05) is 23.0 Å². The SMILES string of the molecule is Cc1cc(Cl)ccc1C(=O)NCC(C)CCCl. The van der Waals surface area contributed by atoms with Crippen LogP contribution in [0.3, 0.4) is 0 Å². The van der Waals surface area contributed by atoms with Crippen molar-refractivity contribution < 1.29 is 4.79 Å². The van der Waals surface area contributed by atoms with Crippen LogP contribution in [0.4, 0.5) is 0 Å². The first kappa shape index (κ1) is 14.3. The summed E-state index contributed by atoms with van der Waals surface area (Å²) in [5, 5.41) is 3.55. The van der Waals surface area contributed by atoms with Crippen LogP contribution in [0.25, 0.3) is 0 Å². The number of aryl methyl sites for hydroxylation is 1. The monoisotopic (exact) mass is 273 g/mol. The number of benzene rings is 1. The molecule has 1 aromatic rings. The molecule has 94 valence electrons. The highest BCUT2D eigenvalue weighted by atomic mass is 35.5. The summed E-state index contributed by atoms with van der Waals surface area (Å²) in [6.07, 6.45) is 0.904. The average molecular weight is 274 g/mol. The maximum absolute atomic E-state index is 11.9. The summed E-state index contributed by atoms with van der Waals surface area (Å²) in [6, 6.07) is 5.27. The third-order valence-corrected chi connectivity index (χ3v) is 3.10. The van der Waals surface area contributed by atoms with Crippen LogP contribution >= 0.6 is 23.2 Å². The summed E-state index contributed by atoms with van der Waals surface area (Å²) in [7, 11) is 0. The first-order valence-electron chi connectivity index (χ1n) is 5.65. The number of halogens is 2. The van der Waals surface area contributed by atoms with Gasteiger partial charge in [-0.25, -0.2) is 0 Å². The van der Waals surface area contributed by atoms with E-state index in [-0.39, 0.29) is 5.91 Å². The van der Waals surface area contributed by atoms with Crippen molar-refractivity contribution in [1.29, 1.82) is 0 Å². The fraction of sp³-hybridized carbons (Fsp3) is 0.462. The van der Waals surface area contributed by atoms with Crippen LogP contribution in [0.5, 0.6) is 0 Å². The number of hydrogen-bond donors (Lipinski definition) is 1. The van der Waals surface area contributed by atoms with E-state index in [2.05, 4.69) is 12.2 Å². The predicted molar refractivity (Wildman–Crippen MR) is 73.0 cm³/mol. The Morgan fingerprint density at radius 1 is 1.47 bits per heavy atom. The molecule has 0 saturated carbocycles. The lowest BCUT2D eigenvalue weighted by Crippen LogP contribution is -2.28. The standard InChI is InChI=1S/C13H17Cl2NO/c1-9(5-6-14)8-16-13(17)12-4-3-11(15)7-10(12)2/h3-4,7,9H,5-6,8H2,1-2H3,(H,16,17). The molecule has 0 saturated heterocycles. The van der Waals surface area contributed by atoms with Gasteiger partial charge in [0.15, 0.2) is 0 Å². The highest BCUT2D eigenvalue weighted by Gasteiger charge is 2.10. The molecule has 0 aromatic heterocycles. The van der Waals surface area contributed by atoms with E-state index in [0.29, 0.717) is 28.9 Å². The van der Waals surface area contributed by atoms with E-state index >= 15 is 0 Å². The summed E-state index contributed by atoms with van der Waals surface area (Å²) >= 11 is 11.5. The molecule has 0 fully saturated rings. The van der Waals surface area contributed by atoms with Gasteiger partial charge in [-0.3, -0.25) is 4.79 Å². The highest BCUT2D eigenvalue weighted by molar-refractivity contribution is 6.30. The Morgan fingerprint density at radius 2 is 2.18 bits per heavy atom. The van der Waals surface area contributed by atoms with E-state index in [0.717, 1.165) is 12.0 Å². The Bertz CT molecular complexity index is 393. The number of amides is 1. The molecule has 0 aliphatic heterocycles. The van der Waals surface area contributed by atoms with Gasteiger partial charge in [0.1, 0.15) is 0 Å². The highest BCUT2D eigenvalue weighted by Crippen LogP contribution is 2.15. The average Bonchev–Trinajstić information content (AvgIpc) is 2.26. The van der Waals surface area contributed by atoms with Gasteiger partial charge < -0.3 is 5.32 Å². The molecular weight excluding hydrogens is 257 g/mol. The van der Waals surface area contributed by atoms with E-state index in [1.54, 1.807) is 18.2 Å². The van der Waals surface area contributed by atoms with Gasteiger partial charge in [-0.1, -0.05) is 18.5 Å². The lowest BCUT2D eigenvalue weighted by molar-refractivity contribution is 0.0947. The quantitative estimate of drug-likeness (QED) is 0.816. The minimum absolute atomic E-state index is 0.0550. The fourth-order valence-corrected chi connectivity index (χ4v) is 2.13. The molecule has 2 nitrogen and oxygen atoms in total. The summed E-state index contributed by atoms with van der Waals surface area (Å²) in [4.78, 5) is 11.9. The van der Waals surface area contributed by atoms with E-state index in [1.807, 2.05) is 6.92 Å². The maximum Gasteiger partial charge on any atom is 0.251 e. The first-order valence-corrected chi connectivity index (χ1v) is 6.56. The van der Waals surface area contributed by atoms with Crippen molar-refractivity contribution in [3.8, 4) is 0 Å². The zero-order chi connectivity index (χ0) is 12.8. The molecule has 1 rings (SSSR count). The number of nitrogens with one attached hydrogen (secondary N) is 1. The molecule has 1 unspecified atom stereocenters. The minimum atomic E-state index is -0.0550. The van der Waals surface area contributed by atoms with E-state index in [1.165, 1.54) is 0 Å². The molecule has 1 amide bonds. The molecule has 0 heterocycles. The summed E-state index contributed by atoms with van der Waals surface area (Å²) in [5.74, 6) is 0.960. The van der Waals surface area contributed by atoms with E-state index in [4.69, 9.17) is 23.2 Å². The van der Waals surface area contributed by atoms with Crippen LogP contribution in [0.1, 0.15) is 29.3 Å². The van der Waals surface area contributed by atoms with Crippen molar-refractivity contribution in [2.45, 2.75) is 20.3 Å². The Balaban J connectivity index is 2.58. The van der Waals surface area contributed by atoms with Crippen LogP contribution in [0, 0.1) is 12.8 Å². The van der Waals surface area contributed by atoms with Gasteiger partial charge >= 0.3 is 0 Å². The summed E-state index contributed by atoms with van der Waals surface area (Å²) in [6.45, 7) is 4.59. The van der Waals surface area contributed by atoms with Crippen LogP contribution < -0.4 is 5.32 Å². The topological polar surface area (TPSA) is 29.1 Å². The van der Waals surface area contributed by atoms with Crippen LogP contribution in [0.15, 0.2) is 18.2 Å². The van der Waals surface area contributed by atoms with Gasteiger partial charge in [-0.2, -0.15) is 0 Å². The normalized spacial score (nSPS) is 12.2. The molecular formula is C13H17Cl2NO. The van der Waals surface area contributed by atoms with Crippen molar-refractivity contribution in [2.24, 2.45) is 5.92 Å². The van der Waals surface area contributed by atoms with Gasteiger partial charge in [0.2, 0.25) is 0 Å². The Kier molecular flexibility index (Phi) is 5.79. The molecule has 1 N–H and O–H groups in total. The minimum Gasteiger partial charge on any atom is -0.352 e. The number of hydrogen-bond acceptors (Lipinski definition) is 1. The largest absolute Gasteiger partial charge is 0.352 e. The second kappa shape index (κ2) is 6.87. The summed E-state index contributed by atoms with van der Waals surface area (Å²) < 4.78 is 0. The third kappa shape index (κ3) is 4.57. The number of rotatable bonds is 5. The molecule has 1 aromatic carbocycles. The van der Waals surface area contributed by atoms with E-state index < -0.39 is 0 Å². The molecule has 4 heteroatoms. The molecule has 0 spiro atoms. The number of carbonyl (C=O) groups excluding carboxylic acids is 1. The number of carbonyl (C=O) groups is 1. The molecule has 17 heavy (non-hydrogen) atoms. The lowest BCUT2D eigenvalue weighted by Gasteiger charge is -2.12. The summed E-state index contributed by atoms with van der Waals surface area (Å²) in [5.41, 5.74) is 1.56. The second-order valence-corrected chi connectivity index (χ2v) is 5.07. The van der Waals surface area contributed by atoms with Crippen molar-refractivity contribution in [2.75, 3.05) is 12.4 Å². The smallest absolute Gasteiger partial charge is 0.251 e. The van der Waals surface area contributed by atoms with Crippen LogP contribution in [-0.2, 0) is 0 Å². The van der Waals surface area contributed by atoms with E-state index in [9.17, 15) is 4.79 Å². The van der Waals surface area contributed by atoms with Crippen molar-refractivity contribution in [3.63, 3.8) is 0 Å². The molecule has 1 atom stereocenters. The zero-order valence-electron chi connectivity index (χ0n) is 10.1. The third-order valence-electron chi connectivity index (χ3n) is 2.65. The van der Waals surface area contributed by atoms with Gasteiger partial charge in [0.25, 0.3) is 5.91 Å². The molecule has 0 radical (unpaired) electrons. The zero-order valence-corrected chi connectivity index (χ0v) is 11.6. The predicted octanol–water partition coefficient (Wildman–Crippen LogP) is 3.64. The van der Waals surface area contributed by atoms with Crippen molar-refractivity contribution >= 4 is 29.1 Å². The first-order chi connectivity index (χ1) is 8.04. The Morgan fingerprint density at radius 3 is 2.76 bits per heavy atom. The lowest BCUT2D eigenvalue weighted by atomic mass is 10.1. The van der Waals surface area contributed by atoms with Crippen LogP contribution in [-0.4, -0.2) is 18.3 Å². The van der Waals surface area contributed by atoms with Gasteiger partial charge in [-0.05, 0) is 43.0 Å². The fourth-order valence-electron chi connectivity index (χ4n) is 1.53. The Hall–Kier alpha value is -0.730.